The van der Waals surface area contributed by atoms with E-state index in [4.69, 9.17) is 18.9 Å². The summed E-state index contributed by atoms with van der Waals surface area (Å²) in [6.07, 6.45) is 3.26. The number of benzene rings is 4. The quantitative estimate of drug-likeness (QED) is 0.166. The molecule has 0 spiro atoms. The molecule has 0 amide bonds. The first kappa shape index (κ1) is 27.8. The molecule has 0 unspecified atom stereocenters. The summed E-state index contributed by atoms with van der Waals surface area (Å²) in [5.41, 5.74) is 8.72. The largest absolute Gasteiger partial charge is 0.493 e. The van der Waals surface area contributed by atoms with Crippen LogP contribution in [0, 0.1) is 0 Å². The molecule has 4 rings (SSSR count). The van der Waals surface area contributed by atoms with Crippen molar-refractivity contribution in [1.82, 2.24) is 0 Å². The zero-order chi connectivity index (χ0) is 27.8. The normalized spacial score (nSPS) is 11.3. The number of methoxy groups -OCH3 is 4. The van der Waals surface area contributed by atoms with Crippen LogP contribution in [0.15, 0.2) is 78.9 Å². The molecule has 0 radical (unpaired) electrons. The van der Waals surface area contributed by atoms with Crippen LogP contribution in [0.5, 0.6) is 23.0 Å². The number of ether oxygens (including phenoxy) is 4. The van der Waals surface area contributed by atoms with Crippen molar-refractivity contribution in [2.75, 3.05) is 35.0 Å². The van der Waals surface area contributed by atoms with Crippen molar-refractivity contribution >= 4 is 17.3 Å². The highest BCUT2D eigenvalue weighted by Gasteiger charge is 2.17. The molecule has 39 heavy (non-hydrogen) atoms. The van der Waals surface area contributed by atoms with Gasteiger partial charge in [-0.25, -0.2) is 0 Å². The topological polar surface area (TPSA) is 53.5 Å². The Morgan fingerprint density at radius 3 is 1.92 bits per heavy atom. The van der Waals surface area contributed by atoms with Gasteiger partial charge in [-0.2, -0.15) is 0 Å². The van der Waals surface area contributed by atoms with Crippen LogP contribution in [0.1, 0.15) is 31.4 Å². The van der Waals surface area contributed by atoms with Crippen molar-refractivity contribution in [3.8, 4) is 45.3 Å². The molecule has 202 valence electrons. The standard InChI is InChI=1S/C34H37NO4/c1-7-17-35-30-22-32(37-4)31(36-3)21-28(30)18-23(2)27-19-29(34(39-6)33(20-27)38-5)26-15-13-25(14-16-26)24-11-9-8-10-12-24/h8-16,18-22,35H,7,17H2,1-6H3/p+1/b23-18+. The monoisotopic (exact) mass is 524 g/mol. The van der Waals surface area contributed by atoms with Gasteiger partial charge in [0.05, 0.1) is 35.0 Å². The molecule has 5 heteroatoms. The van der Waals surface area contributed by atoms with Crippen LogP contribution in [0.25, 0.3) is 33.9 Å². The van der Waals surface area contributed by atoms with E-state index in [1.54, 1.807) is 28.4 Å². The molecule has 0 saturated heterocycles. The molecule has 0 bridgehead atoms. The van der Waals surface area contributed by atoms with E-state index in [0.29, 0.717) is 17.2 Å². The first-order chi connectivity index (χ1) is 19.0. The van der Waals surface area contributed by atoms with Crippen molar-refractivity contribution in [2.24, 2.45) is 0 Å². The predicted octanol–water partition coefficient (Wildman–Crippen LogP) is 7.22. The Morgan fingerprint density at radius 1 is 0.692 bits per heavy atom. The average Bonchev–Trinajstić information content (AvgIpc) is 2.99. The van der Waals surface area contributed by atoms with Gasteiger partial charge in [0.15, 0.2) is 23.0 Å². The first-order valence-corrected chi connectivity index (χ1v) is 13.2. The van der Waals surface area contributed by atoms with E-state index >= 15 is 0 Å². The summed E-state index contributed by atoms with van der Waals surface area (Å²) >= 11 is 0. The molecule has 5 nitrogen and oxygen atoms in total. The molecule has 4 aromatic carbocycles. The Balaban J connectivity index is 1.79. The molecule has 0 atom stereocenters. The molecule has 2 N–H and O–H groups in total. The van der Waals surface area contributed by atoms with E-state index in [1.807, 2.05) is 24.3 Å². The molecule has 0 aromatic heterocycles. The molecule has 4 aromatic rings. The third-order valence-corrected chi connectivity index (χ3v) is 6.85. The fourth-order valence-corrected chi connectivity index (χ4v) is 4.71. The Morgan fingerprint density at radius 2 is 1.31 bits per heavy atom. The summed E-state index contributed by atoms with van der Waals surface area (Å²) in [6.45, 7) is 5.27. The van der Waals surface area contributed by atoms with Crippen LogP contribution in [0.2, 0.25) is 0 Å². The first-order valence-electron chi connectivity index (χ1n) is 13.2. The lowest BCUT2D eigenvalue weighted by Crippen LogP contribution is -2.78. The minimum Gasteiger partial charge on any atom is -0.493 e. The van der Waals surface area contributed by atoms with Crippen LogP contribution in [0.4, 0.5) is 5.69 Å². The zero-order valence-corrected chi connectivity index (χ0v) is 23.7. The zero-order valence-electron chi connectivity index (χ0n) is 23.7. The Kier molecular flexibility index (Phi) is 9.29. The van der Waals surface area contributed by atoms with Crippen LogP contribution >= 0.6 is 0 Å². The van der Waals surface area contributed by atoms with Crippen molar-refractivity contribution in [1.29, 1.82) is 0 Å². The van der Waals surface area contributed by atoms with E-state index in [1.165, 1.54) is 11.1 Å². The fraction of sp³-hybridized carbons (Fsp3) is 0.235. The SMILES string of the molecule is CCC[NH2+]c1cc(OC)c(OC)cc1/C=C(\C)c1cc(OC)c(OC)c(-c2ccc(-c3ccccc3)cc2)c1. The number of hydrogen-bond acceptors (Lipinski definition) is 4. The molecular weight excluding hydrogens is 486 g/mol. The molecule has 0 heterocycles. The minimum absolute atomic E-state index is 0.690. The Labute approximate surface area is 232 Å². The van der Waals surface area contributed by atoms with Crippen LogP contribution < -0.4 is 24.3 Å². The third kappa shape index (κ3) is 6.27. The van der Waals surface area contributed by atoms with E-state index in [9.17, 15) is 0 Å². The summed E-state index contributed by atoms with van der Waals surface area (Å²) in [4.78, 5) is 0. The summed E-state index contributed by atoms with van der Waals surface area (Å²) in [5, 5.41) is 2.25. The van der Waals surface area contributed by atoms with Crippen molar-refractivity contribution in [3.05, 3.63) is 90.0 Å². The van der Waals surface area contributed by atoms with E-state index in [2.05, 4.69) is 79.8 Å². The second-order valence-electron chi connectivity index (χ2n) is 9.36. The van der Waals surface area contributed by atoms with Gasteiger partial charge >= 0.3 is 0 Å². The second-order valence-corrected chi connectivity index (χ2v) is 9.36. The molecule has 0 saturated carbocycles. The summed E-state index contributed by atoms with van der Waals surface area (Å²) in [7, 11) is 6.69. The highest BCUT2D eigenvalue weighted by Crippen LogP contribution is 2.42. The maximum atomic E-state index is 5.83. The predicted molar refractivity (Wildman–Crippen MR) is 160 cm³/mol. The molecular formula is C34H38NO4+. The van der Waals surface area contributed by atoms with Gasteiger partial charge < -0.3 is 24.3 Å². The van der Waals surface area contributed by atoms with Crippen LogP contribution in [-0.2, 0) is 0 Å². The Bertz CT molecular complexity index is 1430. The summed E-state index contributed by atoms with van der Waals surface area (Å²) in [5.74, 6) is 2.83. The minimum atomic E-state index is 0.690. The maximum absolute atomic E-state index is 5.83. The summed E-state index contributed by atoms with van der Waals surface area (Å²) < 4.78 is 22.8. The number of rotatable bonds is 11. The molecule has 0 fully saturated rings. The molecule has 0 aliphatic heterocycles. The van der Waals surface area contributed by atoms with Gasteiger partial charge in [-0.15, -0.1) is 0 Å². The fourth-order valence-electron chi connectivity index (χ4n) is 4.71. The maximum Gasteiger partial charge on any atom is 0.168 e. The van der Waals surface area contributed by atoms with Crippen molar-refractivity contribution < 1.29 is 24.3 Å². The highest BCUT2D eigenvalue weighted by atomic mass is 16.5. The number of allylic oxidation sites excluding steroid dienone is 1. The molecule has 0 aliphatic carbocycles. The van der Waals surface area contributed by atoms with Gasteiger partial charge in [-0.3, -0.25) is 0 Å². The van der Waals surface area contributed by atoms with Crippen LogP contribution in [-0.4, -0.2) is 35.0 Å². The van der Waals surface area contributed by atoms with Gasteiger partial charge in [0, 0.05) is 17.2 Å². The summed E-state index contributed by atoms with van der Waals surface area (Å²) in [6, 6.07) is 27.2. The van der Waals surface area contributed by atoms with Gasteiger partial charge in [-0.1, -0.05) is 61.5 Å². The van der Waals surface area contributed by atoms with Gasteiger partial charge in [0.25, 0.3) is 0 Å². The smallest absolute Gasteiger partial charge is 0.168 e. The number of quaternary nitrogens is 1. The lowest BCUT2D eigenvalue weighted by atomic mass is 9.95. The van der Waals surface area contributed by atoms with Gasteiger partial charge in [0.1, 0.15) is 5.69 Å². The Hall–Kier alpha value is -4.22. The van der Waals surface area contributed by atoms with E-state index in [-0.39, 0.29) is 0 Å². The van der Waals surface area contributed by atoms with E-state index < -0.39 is 0 Å². The number of nitrogens with two attached hydrogens (primary N) is 1. The molecule has 0 aliphatic rings. The third-order valence-electron chi connectivity index (χ3n) is 6.85. The van der Waals surface area contributed by atoms with Crippen molar-refractivity contribution in [2.45, 2.75) is 20.3 Å². The van der Waals surface area contributed by atoms with Crippen molar-refractivity contribution in [3.63, 3.8) is 0 Å². The lowest BCUT2D eigenvalue weighted by molar-refractivity contribution is -0.571. The highest BCUT2D eigenvalue weighted by molar-refractivity contribution is 5.88. The van der Waals surface area contributed by atoms with Gasteiger partial charge in [-0.05, 0) is 65.4 Å². The van der Waals surface area contributed by atoms with Gasteiger partial charge in [0.2, 0.25) is 0 Å². The van der Waals surface area contributed by atoms with E-state index in [0.717, 1.165) is 52.2 Å². The lowest BCUT2D eigenvalue weighted by Gasteiger charge is -2.17. The van der Waals surface area contributed by atoms with Crippen LogP contribution in [0.3, 0.4) is 0 Å². The number of hydrogen-bond donors (Lipinski definition) is 1. The second kappa shape index (κ2) is 13.0. The average molecular weight is 525 g/mol.